The van der Waals surface area contributed by atoms with E-state index >= 15 is 0 Å². The highest BCUT2D eigenvalue weighted by Gasteiger charge is 2.41. The molecule has 150 heavy (non-hydrogen) atoms. The number of para-hydroxylation sites is 2. The zero-order valence-corrected chi connectivity index (χ0v) is 76.5. The average molecular weight is 2110 g/mol. The van der Waals surface area contributed by atoms with E-state index in [0.29, 0.717) is 97.8 Å². The number of fused-ring (bicyclic) bond motifs is 6. The first-order chi connectivity index (χ1) is 70.7. The minimum Gasteiger partial charge on any atom is -0.471 e. The molecule has 0 saturated heterocycles. The first-order valence-corrected chi connectivity index (χ1v) is 42.8. The molecule has 13 heterocycles. The lowest BCUT2D eigenvalue weighted by atomic mass is 10.1. The minimum absolute atomic E-state index is 0.0140. The molecule has 0 aliphatic rings. The molecule has 0 atom stereocenters. The molecule has 0 amide bonds. The summed E-state index contributed by atoms with van der Waals surface area (Å²) in [5.41, 5.74) is 5.72. The predicted molar refractivity (Wildman–Crippen MR) is 477 cm³/mol. The van der Waals surface area contributed by atoms with Gasteiger partial charge in [-0.1, -0.05) is 36.4 Å². The van der Waals surface area contributed by atoms with E-state index in [1.165, 1.54) is 116 Å². The second-order valence-corrected chi connectivity index (χ2v) is 31.6. The number of alkyl halides is 24. The molecule has 0 aliphatic carbocycles. The molecule has 0 aliphatic heterocycles. The smallest absolute Gasteiger partial charge is 0.453 e. The van der Waals surface area contributed by atoms with Gasteiger partial charge in [0.2, 0.25) is 17.5 Å². The Morgan fingerprint density at radius 2 is 0.693 bits per heavy atom. The van der Waals surface area contributed by atoms with Crippen LogP contribution in [-0.4, -0.2) is 161 Å². The summed E-state index contributed by atoms with van der Waals surface area (Å²) in [7, 11) is 0. The zero-order chi connectivity index (χ0) is 108. The van der Waals surface area contributed by atoms with E-state index in [4.69, 9.17) is 14.2 Å². The van der Waals surface area contributed by atoms with Crippen molar-refractivity contribution in [3.63, 3.8) is 0 Å². The second-order valence-electron chi connectivity index (χ2n) is 31.6. The van der Waals surface area contributed by atoms with Crippen LogP contribution in [0.4, 0.5) is 110 Å². The highest BCUT2D eigenvalue weighted by Crippen LogP contribution is 2.39. The van der Waals surface area contributed by atoms with Crippen LogP contribution in [0, 0.1) is 12.7 Å². The van der Waals surface area contributed by atoms with Crippen molar-refractivity contribution < 1.29 is 138 Å². The van der Waals surface area contributed by atoms with E-state index in [-0.39, 0.29) is 79.7 Å². The maximum Gasteiger partial charge on any atom is 0.453 e. The van der Waals surface area contributed by atoms with Gasteiger partial charge in [0, 0.05) is 79.5 Å². The Hall–Kier alpha value is -18.0. The molecule has 0 saturated carbocycles. The Kier molecular flexibility index (Phi) is 30.7. The van der Waals surface area contributed by atoms with Gasteiger partial charge in [-0.2, -0.15) is 127 Å². The first kappa shape index (κ1) is 106. The fourth-order valence-electron chi connectivity index (χ4n) is 13.3. The van der Waals surface area contributed by atoms with Crippen LogP contribution >= 0.6 is 0 Å². The summed E-state index contributed by atoms with van der Waals surface area (Å²) in [5, 5.41) is 60.8. The average Bonchev–Trinajstić information content (AvgIpc) is 1.63. The first-order valence-electron chi connectivity index (χ1n) is 42.8. The Bertz CT molecular complexity index is 8060. The summed E-state index contributed by atoms with van der Waals surface area (Å²) in [6.45, 7) is 3.17. The molecule has 0 N–H and O–H groups in total. The normalized spacial score (nSPS) is 12.1. The van der Waals surface area contributed by atoms with Crippen LogP contribution in [0.25, 0.3) is 101 Å². The van der Waals surface area contributed by atoms with Crippen molar-refractivity contribution in [1.82, 2.24) is 124 Å². The SMILES string of the molecule is CC(F)(F)COc1ccc(-c2ccc3nnc(C(F)(F)F)n3n2)cn1.CC(F)(F)Oc1ccc(-c2ccc3nnc(C(F)(F)F)n3n2)cc1F.CC(F)(F)Oc1ccc(-c2cn3c(C(F)F)nnc3cn2)cc1.Cc1cc(OC(C)(F)F)ccc1-c1ccc2nnc(C(F)(F)F)n2n1.FC(F)(F)Cc1nnc2ccc(-c3ccc(Oc4ccccc4)cc3)nn12.FC(F)c1nnc2ccc(-c3ccc(Oc4ccccc4)cc3)nn12. The number of benzene rings is 7. The Morgan fingerprint density at radius 3 is 1.14 bits per heavy atom. The van der Waals surface area contributed by atoms with Crippen LogP contribution in [-0.2, 0) is 24.9 Å². The van der Waals surface area contributed by atoms with Gasteiger partial charge >= 0.3 is 43.0 Å². The van der Waals surface area contributed by atoms with Crippen LogP contribution in [0.1, 0.15) is 81.1 Å². The molecule has 0 fully saturated rings. The number of aryl methyl sites for hydroxylation is 1. The van der Waals surface area contributed by atoms with E-state index < -0.39 is 116 Å². The number of hydrogen-bond donors (Lipinski definition) is 0. The molecule has 776 valence electrons. The standard InChI is InChI=1S/C19H13F3N4O.C18H12F2N4O.C15H11F5N4O.C14H8F6N4O.C14H10F5N5O.C14H10F4N4O/c20-19(21,22)12-18-24-23-17-11-10-16(25-26(17)18)13-6-8-15(9-7-13)27-14-4-2-1-3-5-14;19-17(20)18-22-21-16-11-10-15(23-24(16)18)12-6-8-14(9-7-12)25-13-4-2-1-3-5-13;1-8-7-9(25-14(2,16)17)3-4-10(8)11-5-6-12-21-22-13(15(18,19)20)24(12)23-11;1-13(16,17)25-10-4-2-7(6-8(10)15)9-3-5-11-21-22-12(14(18,19)20)24(11)23-9;1-13(15,16)7-25-11-5-2-8(6-20-11)9-3-4-10-21-22-12(14(17,18)19)24(10)23-9;1-14(17,18)23-9-4-2-8(3-5-9)10-7-22-11(6-19-10)20-21-13(22)12(15)16/h1-11H,12H2;1-11,17H;3-7H,1-2H3;2-6H,1H3;2-6H,7H2,1H3;2-7,12H,1H3. The molecule has 20 rings (SSSR count). The van der Waals surface area contributed by atoms with Crippen LogP contribution in [0.15, 0.2) is 261 Å². The third-order valence-electron chi connectivity index (χ3n) is 19.7. The van der Waals surface area contributed by atoms with Crippen molar-refractivity contribution in [3.8, 4) is 114 Å². The van der Waals surface area contributed by atoms with Crippen molar-refractivity contribution >= 4 is 33.9 Å². The van der Waals surface area contributed by atoms with E-state index in [2.05, 4.69) is 111 Å². The number of halogens is 25. The summed E-state index contributed by atoms with van der Waals surface area (Å²) in [4.78, 5) is 7.94. The largest absolute Gasteiger partial charge is 0.471 e. The number of ether oxygens (including phenoxy) is 6. The molecule has 0 bridgehead atoms. The quantitative estimate of drug-likeness (QED) is 0.0569. The lowest BCUT2D eigenvalue weighted by molar-refractivity contribution is -0.161. The number of pyridine rings is 1. The van der Waals surface area contributed by atoms with Crippen molar-refractivity contribution in [2.45, 2.75) is 103 Å². The third-order valence-corrected chi connectivity index (χ3v) is 19.7. The number of nitrogens with zero attached hydrogens (tertiary/aromatic N) is 25. The van der Waals surface area contributed by atoms with Crippen molar-refractivity contribution in [1.29, 1.82) is 0 Å². The molecule has 31 nitrogen and oxygen atoms in total. The molecule has 7 aromatic carbocycles. The van der Waals surface area contributed by atoms with Gasteiger partial charge in [-0.25, -0.2) is 35.7 Å². The molecular formula is C94H64F25N25O6. The molecule has 13 aromatic heterocycles. The van der Waals surface area contributed by atoms with Crippen LogP contribution in [0.3, 0.4) is 0 Å². The van der Waals surface area contributed by atoms with Gasteiger partial charge in [0.05, 0.1) is 40.4 Å². The van der Waals surface area contributed by atoms with Crippen LogP contribution in [0.2, 0.25) is 0 Å². The lowest BCUT2D eigenvalue weighted by Crippen LogP contribution is -2.21. The highest BCUT2D eigenvalue weighted by molar-refractivity contribution is 5.68. The van der Waals surface area contributed by atoms with Crippen molar-refractivity contribution in [3.05, 3.63) is 308 Å². The minimum atomic E-state index is -4.78. The molecule has 0 radical (unpaired) electrons. The fourth-order valence-corrected chi connectivity index (χ4v) is 13.3. The zero-order valence-electron chi connectivity index (χ0n) is 76.5. The Morgan fingerprint density at radius 1 is 0.313 bits per heavy atom. The summed E-state index contributed by atoms with van der Waals surface area (Å²) in [6, 6.07) is 63.3. The van der Waals surface area contributed by atoms with Gasteiger partial charge in [0.15, 0.2) is 57.9 Å². The highest BCUT2D eigenvalue weighted by atomic mass is 19.4. The molecule has 0 unspecified atom stereocenters. The van der Waals surface area contributed by atoms with Crippen LogP contribution < -0.4 is 28.4 Å². The second kappa shape index (κ2) is 43.4. The topological polar surface area (TPSA) is 327 Å². The van der Waals surface area contributed by atoms with Crippen LogP contribution in [0.5, 0.6) is 46.1 Å². The lowest BCUT2D eigenvalue weighted by Gasteiger charge is -2.14. The monoisotopic (exact) mass is 2110 g/mol. The van der Waals surface area contributed by atoms with Crippen molar-refractivity contribution in [2.24, 2.45) is 0 Å². The maximum absolute atomic E-state index is 13.9. The van der Waals surface area contributed by atoms with E-state index in [9.17, 15) is 110 Å². The van der Waals surface area contributed by atoms with Gasteiger partial charge in [0.1, 0.15) is 40.9 Å². The number of hydrogen-bond acceptors (Lipinski definition) is 25. The molecule has 20 aromatic rings. The van der Waals surface area contributed by atoms with E-state index in [0.717, 1.165) is 42.4 Å². The van der Waals surface area contributed by atoms with Gasteiger partial charge < -0.3 is 28.4 Å². The Balaban J connectivity index is 0.000000135. The van der Waals surface area contributed by atoms with E-state index in [1.54, 1.807) is 67.6 Å². The van der Waals surface area contributed by atoms with E-state index in [1.807, 2.05) is 72.8 Å². The summed E-state index contributed by atoms with van der Waals surface area (Å²) < 4.78 is 356. The van der Waals surface area contributed by atoms with Gasteiger partial charge in [-0.15, -0.1) is 61.2 Å². The predicted octanol–water partition coefficient (Wildman–Crippen LogP) is 24.2. The molecule has 0 spiro atoms. The van der Waals surface area contributed by atoms with Crippen molar-refractivity contribution in [2.75, 3.05) is 6.61 Å². The van der Waals surface area contributed by atoms with Gasteiger partial charge in [-0.3, -0.25) is 9.38 Å². The van der Waals surface area contributed by atoms with Gasteiger partial charge in [-0.05, 0) is 213 Å². The third kappa shape index (κ3) is 27.6. The number of rotatable bonds is 22. The van der Waals surface area contributed by atoms with Gasteiger partial charge in [0.25, 0.3) is 36.2 Å². The maximum atomic E-state index is 13.9. The summed E-state index contributed by atoms with van der Waals surface area (Å²) >= 11 is 0. The number of aromatic nitrogens is 25. The Labute approximate surface area is 823 Å². The fraction of sp³-hybridized carbons (Fsp3) is 0.181. The summed E-state index contributed by atoms with van der Waals surface area (Å²) in [6.07, 6.45) is -31.5. The molecule has 56 heteroatoms. The molecular weight excluding hydrogens is 2050 g/mol. The summed E-state index contributed by atoms with van der Waals surface area (Å²) in [5.74, 6) is -7.19.